The number of benzene rings is 24. The summed E-state index contributed by atoms with van der Waals surface area (Å²) in [4.78, 5) is 0. The molecule has 0 N–H and O–H groups in total. The zero-order valence-electron chi connectivity index (χ0n) is 85.9. The van der Waals surface area contributed by atoms with Crippen molar-refractivity contribution in [3.63, 3.8) is 0 Å². The molecular weight excluding hydrogens is 1800 g/mol. The van der Waals surface area contributed by atoms with Gasteiger partial charge in [-0.25, -0.2) is 0 Å². The van der Waals surface area contributed by atoms with Crippen LogP contribution in [-0.2, 0) is 0 Å². The lowest BCUT2D eigenvalue weighted by molar-refractivity contribution is 1.45. The largest absolute Gasteiger partial charge is 0.0622 e. The monoisotopic (exact) mass is 1920 g/mol. The van der Waals surface area contributed by atoms with Crippen LogP contribution in [0.4, 0.5) is 0 Å². The van der Waals surface area contributed by atoms with Crippen LogP contribution < -0.4 is 0 Å². The molecule has 0 aliphatic heterocycles. The van der Waals surface area contributed by atoms with E-state index in [1.54, 1.807) is 0 Å². The van der Waals surface area contributed by atoms with Gasteiger partial charge in [-0.15, -0.1) is 0 Å². The van der Waals surface area contributed by atoms with Crippen LogP contribution in [0.25, 0.3) is 200 Å². The summed E-state index contributed by atoms with van der Waals surface area (Å²) in [6.45, 7) is 12.9. The summed E-state index contributed by atoms with van der Waals surface area (Å²) in [5, 5.41) is 0. The number of aryl methyl sites for hydroxylation is 6. The first-order valence-electron chi connectivity index (χ1n) is 51.8. The molecule has 0 heterocycles. The van der Waals surface area contributed by atoms with Gasteiger partial charge in [-0.2, -0.15) is 0 Å². The molecule has 0 aliphatic carbocycles. The Balaban J connectivity index is 0.000000113. The average molecular weight is 1920 g/mol. The first-order chi connectivity index (χ1) is 73.9. The molecule has 24 rings (SSSR count). The Morgan fingerprint density at radius 1 is 0.0800 bits per heavy atom. The third-order valence-corrected chi connectivity index (χ3v) is 27.6. The predicted molar refractivity (Wildman–Crippen MR) is 645 cm³/mol. The summed E-state index contributed by atoms with van der Waals surface area (Å²) >= 11 is 0. The molecule has 0 saturated carbocycles. The predicted octanol–water partition coefficient (Wildman–Crippen LogP) is 42.0. The second-order valence-corrected chi connectivity index (χ2v) is 38.0. The van der Waals surface area contributed by atoms with Gasteiger partial charge in [0, 0.05) is 0 Å². The van der Waals surface area contributed by atoms with Crippen LogP contribution in [0.3, 0.4) is 0 Å². The SMILES string of the molecule is Cc1ccc(-c2cc(-c3ccccc3)cc(-c3ccccc3)c2)cc1.Cc1ccc(-c2ccc(-c3ccccc3)c(-c3ccccc3)c2)cc1.Cc1ccc(-c2ccccc2-c2ccccc2)c(-c2ccccc2)c1.Cc1cccc(-c2ccccc2-c2ccccc2)c1-c1ccccc1.Cc1ccccc1-c1cc(-c2ccccc2)cc(-c2ccccc2)c1.Cc1ccccc1-c1cccc(-c2ccccc2-c2ccccc2)c1. The molecule has 0 heteroatoms. The van der Waals surface area contributed by atoms with Crippen molar-refractivity contribution in [1.82, 2.24) is 0 Å². The van der Waals surface area contributed by atoms with Gasteiger partial charge in [0.2, 0.25) is 0 Å². The molecule has 0 bridgehead atoms. The van der Waals surface area contributed by atoms with E-state index in [1.165, 1.54) is 234 Å². The van der Waals surface area contributed by atoms with Crippen molar-refractivity contribution < 1.29 is 0 Å². The normalized spacial score (nSPS) is 10.6. The average Bonchev–Trinajstić information content (AvgIpc) is 0.769. The molecule has 150 heavy (non-hydrogen) atoms. The molecule has 0 atom stereocenters. The van der Waals surface area contributed by atoms with E-state index in [1.807, 2.05) is 0 Å². The lowest BCUT2D eigenvalue weighted by Crippen LogP contribution is -1.91. The second-order valence-electron chi connectivity index (χ2n) is 38.0. The van der Waals surface area contributed by atoms with Crippen molar-refractivity contribution in [2.75, 3.05) is 0 Å². The quantitative estimate of drug-likeness (QED) is 0.0803. The van der Waals surface area contributed by atoms with Crippen LogP contribution in [0.5, 0.6) is 0 Å². The Labute approximate surface area is 887 Å². The zero-order valence-corrected chi connectivity index (χ0v) is 85.9. The Morgan fingerprint density at radius 2 is 0.273 bits per heavy atom. The highest BCUT2D eigenvalue weighted by Crippen LogP contribution is 2.45. The van der Waals surface area contributed by atoms with Crippen molar-refractivity contribution in [1.29, 1.82) is 0 Å². The number of hydrogen-bond acceptors (Lipinski definition) is 0. The van der Waals surface area contributed by atoms with Gasteiger partial charge in [-0.05, 0) is 307 Å². The first-order valence-corrected chi connectivity index (χ1v) is 51.8. The van der Waals surface area contributed by atoms with Gasteiger partial charge in [-0.1, -0.05) is 587 Å². The molecule has 720 valence electrons. The summed E-state index contributed by atoms with van der Waals surface area (Å²) in [6.07, 6.45) is 0. The molecule has 0 aliphatic rings. The lowest BCUT2D eigenvalue weighted by Gasteiger charge is -2.16. The molecule has 0 radical (unpaired) electrons. The first kappa shape index (κ1) is 100.0. The molecule has 0 aromatic heterocycles. The third-order valence-electron chi connectivity index (χ3n) is 27.6. The second kappa shape index (κ2) is 49.7. The summed E-state index contributed by atoms with van der Waals surface area (Å²) in [5.74, 6) is 0. The topological polar surface area (TPSA) is 0 Å². The van der Waals surface area contributed by atoms with Crippen molar-refractivity contribution >= 4 is 0 Å². The van der Waals surface area contributed by atoms with Crippen LogP contribution in [0.2, 0.25) is 0 Å². The van der Waals surface area contributed by atoms with Crippen LogP contribution in [0, 0.1) is 41.5 Å². The van der Waals surface area contributed by atoms with Gasteiger partial charge in [0.25, 0.3) is 0 Å². The van der Waals surface area contributed by atoms with E-state index < -0.39 is 0 Å². The lowest BCUT2D eigenvalue weighted by atomic mass is 9.87. The maximum atomic E-state index is 2.31. The van der Waals surface area contributed by atoms with E-state index in [-0.39, 0.29) is 0 Å². The highest BCUT2D eigenvalue weighted by Gasteiger charge is 2.20. The summed E-state index contributed by atoms with van der Waals surface area (Å²) in [6, 6.07) is 220. The van der Waals surface area contributed by atoms with Crippen molar-refractivity contribution in [3.8, 4) is 200 Å². The molecule has 0 saturated heterocycles. The fourth-order valence-electron chi connectivity index (χ4n) is 19.8. The summed E-state index contributed by atoms with van der Waals surface area (Å²) in [5.41, 5.74) is 53.1. The van der Waals surface area contributed by atoms with Crippen LogP contribution in [-0.4, -0.2) is 0 Å². The molecule has 24 aromatic carbocycles. The fourth-order valence-corrected chi connectivity index (χ4v) is 19.8. The van der Waals surface area contributed by atoms with E-state index in [9.17, 15) is 0 Å². The Kier molecular flexibility index (Phi) is 33.1. The Bertz CT molecular complexity index is 8360. The molecular formula is C150H120. The Hall–Kier alpha value is -18.7. The number of hydrogen-bond donors (Lipinski definition) is 0. The van der Waals surface area contributed by atoms with E-state index in [0.717, 1.165) is 0 Å². The van der Waals surface area contributed by atoms with Crippen molar-refractivity contribution in [3.05, 3.63) is 652 Å². The van der Waals surface area contributed by atoms with Gasteiger partial charge in [0.15, 0.2) is 0 Å². The van der Waals surface area contributed by atoms with E-state index in [2.05, 4.69) is 660 Å². The standard InChI is InChI=1S/6C25H20/c1-19-11-10-18-24(25(19)21-14-6-3-7-15-21)23-17-9-8-16-22(23)20-12-4-2-5-13-20;1-19-10-8-9-15-25(19)24-17-22(20-11-4-2-5-12-20)16-23(18-24)21-13-6-3-7-14-21;1-19-16-17-24(25(18-19)21-12-6-3-7-13-21)23-15-9-8-14-22(23)20-10-4-2-5-11-20;1-19-12-14-22(15-13-19)25-17-23(20-8-4-2-5-9-20)16-24(18-25)21-10-6-3-7-11-21;1-19-12-14-20(15-13-19)23-16-17-24(21-8-4-2-5-9-21)25(18-23)22-10-6-3-7-11-22;1-19-10-5-6-15-23(19)21-13-9-14-22(18-21)25-17-8-7-16-24(25)20-11-3-2-4-12-20/h6*2-18H,1H3. The highest BCUT2D eigenvalue weighted by atomic mass is 14.2. The molecule has 0 nitrogen and oxygen atoms in total. The highest BCUT2D eigenvalue weighted by molar-refractivity contribution is 5.96. The van der Waals surface area contributed by atoms with Crippen molar-refractivity contribution in [2.24, 2.45) is 0 Å². The summed E-state index contributed by atoms with van der Waals surface area (Å²) in [7, 11) is 0. The van der Waals surface area contributed by atoms with E-state index in [4.69, 9.17) is 0 Å². The molecule has 0 fully saturated rings. The van der Waals surface area contributed by atoms with E-state index >= 15 is 0 Å². The number of rotatable bonds is 18. The van der Waals surface area contributed by atoms with Crippen LogP contribution in [0.15, 0.2) is 619 Å². The molecule has 0 unspecified atom stereocenters. The van der Waals surface area contributed by atoms with Gasteiger partial charge in [0.1, 0.15) is 0 Å². The minimum atomic E-state index is 1.24. The van der Waals surface area contributed by atoms with E-state index in [0.29, 0.717) is 0 Å². The van der Waals surface area contributed by atoms with Crippen LogP contribution >= 0.6 is 0 Å². The molecule has 0 spiro atoms. The fraction of sp³-hybridized carbons (Fsp3) is 0.0400. The van der Waals surface area contributed by atoms with Gasteiger partial charge in [0.05, 0.1) is 0 Å². The third kappa shape index (κ3) is 25.2. The molecule has 0 amide bonds. The van der Waals surface area contributed by atoms with Crippen LogP contribution in [0.1, 0.15) is 33.4 Å². The van der Waals surface area contributed by atoms with Gasteiger partial charge in [-0.3, -0.25) is 0 Å². The van der Waals surface area contributed by atoms with Crippen molar-refractivity contribution in [2.45, 2.75) is 41.5 Å². The maximum Gasteiger partial charge on any atom is -0.00759 e. The zero-order chi connectivity index (χ0) is 102. The maximum absolute atomic E-state index is 2.31. The van der Waals surface area contributed by atoms with Gasteiger partial charge >= 0.3 is 0 Å². The Morgan fingerprint density at radius 3 is 0.633 bits per heavy atom. The summed E-state index contributed by atoms with van der Waals surface area (Å²) < 4.78 is 0. The van der Waals surface area contributed by atoms with Gasteiger partial charge < -0.3 is 0 Å². The molecule has 24 aromatic rings. The smallest absolute Gasteiger partial charge is 0.00759 e. The minimum Gasteiger partial charge on any atom is -0.0622 e. The minimum absolute atomic E-state index is 1.24.